The summed E-state index contributed by atoms with van der Waals surface area (Å²) in [5, 5.41) is 0. The topological polar surface area (TPSA) is 50.8 Å². The molecule has 0 radical (unpaired) electrons. The Morgan fingerprint density at radius 3 is 2.41 bits per heavy atom. The third kappa shape index (κ3) is 5.31. The summed E-state index contributed by atoms with van der Waals surface area (Å²) in [6.45, 7) is -0.243. The van der Waals surface area contributed by atoms with Crippen LogP contribution in [-0.4, -0.2) is 33.7 Å². The van der Waals surface area contributed by atoms with Crippen molar-refractivity contribution in [3.63, 3.8) is 0 Å². The van der Waals surface area contributed by atoms with Crippen molar-refractivity contribution in [1.82, 2.24) is 15.0 Å². The van der Waals surface area contributed by atoms with Gasteiger partial charge in [-0.05, 0) is 25.1 Å². The van der Waals surface area contributed by atoms with Crippen LogP contribution in [0.25, 0.3) is 11.0 Å². The highest BCUT2D eigenvalue weighted by Crippen LogP contribution is 2.36. The van der Waals surface area contributed by atoms with E-state index in [1.54, 1.807) is 6.33 Å². The molecule has 0 atom stereocenters. The highest BCUT2D eigenvalue weighted by Gasteiger charge is 2.58. The second-order valence-corrected chi connectivity index (χ2v) is 5.77. The van der Waals surface area contributed by atoms with Gasteiger partial charge >= 0.3 is 12.1 Å². The van der Waals surface area contributed by atoms with E-state index >= 15 is 0 Å². The van der Waals surface area contributed by atoms with Crippen LogP contribution in [0.2, 0.25) is 0 Å². The van der Waals surface area contributed by atoms with Crippen molar-refractivity contribution in [3.05, 3.63) is 54.1 Å². The highest BCUT2D eigenvalue weighted by molar-refractivity contribution is 7.79. The molecule has 3 rings (SSSR count). The van der Waals surface area contributed by atoms with Crippen LogP contribution >= 0.6 is 12.6 Å². The van der Waals surface area contributed by atoms with Gasteiger partial charge in [0.2, 0.25) is 0 Å². The maximum Gasteiger partial charge on any atom is 0.456 e. The van der Waals surface area contributed by atoms with E-state index in [9.17, 15) is 22.0 Å². The van der Waals surface area contributed by atoms with Gasteiger partial charge in [-0.25, -0.2) is 4.98 Å². The number of thiol groups is 1. The Bertz CT molecular complexity index is 852. The minimum absolute atomic E-state index is 0.0574. The van der Waals surface area contributed by atoms with E-state index < -0.39 is 18.7 Å². The third-order valence-corrected chi connectivity index (χ3v) is 3.86. The van der Waals surface area contributed by atoms with Crippen molar-refractivity contribution in [2.75, 3.05) is 6.61 Å². The van der Waals surface area contributed by atoms with Gasteiger partial charge in [0.1, 0.15) is 5.75 Å². The summed E-state index contributed by atoms with van der Waals surface area (Å²) >= 11 is 3.95. The number of alkyl halides is 5. The van der Waals surface area contributed by atoms with E-state index in [1.807, 2.05) is 24.3 Å². The van der Waals surface area contributed by atoms with Crippen LogP contribution < -0.4 is 4.74 Å². The molecule has 2 aromatic heterocycles. The number of rotatable bonds is 4. The fourth-order valence-electron chi connectivity index (χ4n) is 2.00. The van der Waals surface area contributed by atoms with E-state index in [0.717, 1.165) is 11.0 Å². The van der Waals surface area contributed by atoms with Crippen LogP contribution in [0.5, 0.6) is 5.75 Å². The Kier molecular flexibility index (Phi) is 6.63. The van der Waals surface area contributed by atoms with Crippen LogP contribution in [0.3, 0.4) is 0 Å². The second-order valence-electron chi connectivity index (χ2n) is 5.45. The van der Waals surface area contributed by atoms with Gasteiger partial charge in [0.05, 0.1) is 23.1 Å². The van der Waals surface area contributed by atoms with Gasteiger partial charge in [-0.3, -0.25) is 4.98 Å². The lowest BCUT2D eigenvalue weighted by Crippen LogP contribution is -2.41. The van der Waals surface area contributed by atoms with Gasteiger partial charge < -0.3 is 9.72 Å². The molecule has 27 heavy (non-hydrogen) atoms. The molecule has 2 heterocycles. The summed E-state index contributed by atoms with van der Waals surface area (Å²) in [5.41, 5.74) is 2.98. The molecular formula is C17H16F5N3OS. The molecule has 0 amide bonds. The Morgan fingerprint density at radius 2 is 1.78 bits per heavy atom. The molecule has 0 aliphatic carbocycles. The summed E-state index contributed by atoms with van der Waals surface area (Å²) in [4.78, 5) is 11.0. The number of aromatic amines is 1. The number of hydrogen-bond donors (Lipinski definition) is 2. The summed E-state index contributed by atoms with van der Waals surface area (Å²) in [6, 6.07) is 9.17. The largest absolute Gasteiger partial charge is 0.487 e. The van der Waals surface area contributed by atoms with Crippen LogP contribution in [0.1, 0.15) is 11.3 Å². The lowest BCUT2D eigenvalue weighted by atomic mass is 10.2. The summed E-state index contributed by atoms with van der Waals surface area (Å²) in [5.74, 6) is -4.71. The smallest absolute Gasteiger partial charge is 0.456 e. The molecule has 1 N–H and O–H groups in total. The summed E-state index contributed by atoms with van der Waals surface area (Å²) in [6.07, 6.45) is -2.66. The van der Waals surface area contributed by atoms with Gasteiger partial charge in [-0.1, -0.05) is 12.1 Å². The quantitative estimate of drug-likeness (QED) is 0.477. The van der Waals surface area contributed by atoms with Gasteiger partial charge in [-0.15, -0.1) is 0 Å². The maximum absolute atomic E-state index is 12.6. The molecule has 0 aliphatic heterocycles. The monoisotopic (exact) mass is 405 g/mol. The molecule has 146 valence electrons. The maximum atomic E-state index is 12.6. The second kappa shape index (κ2) is 8.55. The fourth-order valence-corrected chi connectivity index (χ4v) is 2.32. The Hall–Kier alpha value is -2.36. The number of H-pyrrole nitrogens is 1. The number of halogens is 5. The Labute approximate surface area is 157 Å². The molecule has 4 nitrogen and oxygen atoms in total. The zero-order valence-corrected chi connectivity index (χ0v) is 15.0. The number of imidazole rings is 1. The number of benzene rings is 1. The Morgan fingerprint density at radius 1 is 1.07 bits per heavy atom. The Balaban J connectivity index is 0.000000239. The minimum atomic E-state index is -5.62. The summed E-state index contributed by atoms with van der Waals surface area (Å²) < 4.78 is 65.6. The fraction of sp³-hybridized carbons (Fsp3) is 0.294. The molecule has 0 spiro atoms. The molecule has 0 fully saturated rings. The van der Waals surface area contributed by atoms with E-state index in [-0.39, 0.29) is 11.5 Å². The highest BCUT2D eigenvalue weighted by atomic mass is 32.1. The summed E-state index contributed by atoms with van der Waals surface area (Å²) in [7, 11) is 0. The van der Waals surface area contributed by atoms with E-state index in [2.05, 4.69) is 32.3 Å². The lowest BCUT2D eigenvalue weighted by Gasteiger charge is -2.20. The number of fused-ring (bicyclic) bond motifs is 1. The number of nitrogens with one attached hydrogen (secondary N) is 1. The van der Waals surface area contributed by atoms with Gasteiger partial charge in [-0.2, -0.15) is 34.6 Å². The number of para-hydroxylation sites is 2. The lowest BCUT2D eigenvalue weighted by molar-refractivity contribution is -0.290. The number of hydrogen-bond acceptors (Lipinski definition) is 4. The average Bonchev–Trinajstić information content (AvgIpc) is 3.09. The van der Waals surface area contributed by atoms with Crippen molar-refractivity contribution < 1.29 is 26.7 Å². The van der Waals surface area contributed by atoms with E-state index in [1.165, 1.54) is 19.2 Å². The van der Waals surface area contributed by atoms with Crippen molar-refractivity contribution >= 4 is 23.7 Å². The molecule has 0 bridgehead atoms. The number of aromatic nitrogens is 3. The van der Waals surface area contributed by atoms with Crippen LogP contribution in [0, 0.1) is 6.92 Å². The van der Waals surface area contributed by atoms with E-state index in [4.69, 9.17) is 0 Å². The van der Waals surface area contributed by atoms with Gasteiger partial charge in [0.15, 0.2) is 6.61 Å². The van der Waals surface area contributed by atoms with Crippen LogP contribution in [-0.2, 0) is 5.75 Å². The molecule has 0 aliphatic rings. The van der Waals surface area contributed by atoms with Crippen LogP contribution in [0.4, 0.5) is 22.0 Å². The number of pyridine rings is 1. The molecule has 0 saturated heterocycles. The van der Waals surface area contributed by atoms with Crippen molar-refractivity contribution in [2.45, 2.75) is 24.8 Å². The molecule has 0 unspecified atom stereocenters. The zero-order chi connectivity index (χ0) is 20.1. The number of nitrogens with zero attached hydrogens (tertiary/aromatic N) is 2. The first-order valence-electron chi connectivity index (χ1n) is 7.66. The first kappa shape index (κ1) is 20.9. The molecule has 1 aromatic carbocycles. The first-order valence-corrected chi connectivity index (χ1v) is 8.30. The van der Waals surface area contributed by atoms with Crippen molar-refractivity contribution in [3.8, 4) is 5.75 Å². The predicted molar refractivity (Wildman–Crippen MR) is 94.3 cm³/mol. The molecular weight excluding hydrogens is 389 g/mol. The predicted octanol–water partition coefficient (Wildman–Crippen LogP) is 4.96. The van der Waals surface area contributed by atoms with Gasteiger partial charge in [0, 0.05) is 17.5 Å². The van der Waals surface area contributed by atoms with E-state index in [0.29, 0.717) is 11.3 Å². The van der Waals surface area contributed by atoms with Crippen LogP contribution in [0.15, 0.2) is 42.9 Å². The minimum Gasteiger partial charge on any atom is -0.487 e. The number of ether oxygens (including phenoxy) is 1. The average molecular weight is 405 g/mol. The first-order chi connectivity index (χ1) is 12.7. The zero-order valence-electron chi connectivity index (χ0n) is 14.1. The van der Waals surface area contributed by atoms with Crippen molar-refractivity contribution in [2.24, 2.45) is 0 Å². The molecule has 3 aromatic rings. The third-order valence-electron chi connectivity index (χ3n) is 3.56. The van der Waals surface area contributed by atoms with Crippen molar-refractivity contribution in [1.29, 1.82) is 0 Å². The molecule has 0 saturated carbocycles. The SMILES string of the molecule is Cc1c(OCC(F)(F)C(F)(F)F)ccnc1CS.c1ccc2[nH]cnc2c1. The standard InChI is InChI=1S/C10H10F5NOS.C7H6N2/c1-6-7(4-18)16-3-2-8(6)17-5-9(11,12)10(13,14)15;1-2-4-7-6(3-1)8-5-9-7/h2-3,18H,4-5H2,1H3;1-5H,(H,8,9). The normalized spacial score (nSPS) is 11.8. The van der Waals surface area contributed by atoms with Gasteiger partial charge in [0.25, 0.3) is 0 Å². The molecule has 10 heteroatoms.